The number of nitrogens with one attached hydrogen (secondary N) is 1. The van der Waals surface area contributed by atoms with Gasteiger partial charge in [0.1, 0.15) is 4.90 Å². The second-order valence-corrected chi connectivity index (χ2v) is 7.19. The van der Waals surface area contributed by atoms with Gasteiger partial charge in [-0.1, -0.05) is 40.9 Å². The summed E-state index contributed by atoms with van der Waals surface area (Å²) in [7, 11) is -3.89. The minimum atomic E-state index is -3.89. The summed E-state index contributed by atoms with van der Waals surface area (Å²) >= 11 is 17.7. The highest BCUT2D eigenvalue weighted by molar-refractivity contribution is 7.92. The summed E-state index contributed by atoms with van der Waals surface area (Å²) in [5.74, 6) is 0. The summed E-state index contributed by atoms with van der Waals surface area (Å²) < 4.78 is 27.1. The highest BCUT2D eigenvalue weighted by atomic mass is 35.5. The largest absolute Gasteiger partial charge is 0.396 e. The van der Waals surface area contributed by atoms with E-state index in [2.05, 4.69) is 4.72 Å². The number of halogens is 3. The van der Waals surface area contributed by atoms with Crippen molar-refractivity contribution in [3.63, 3.8) is 0 Å². The van der Waals surface area contributed by atoms with Crippen LogP contribution in [0.3, 0.4) is 0 Å². The molecule has 0 radical (unpaired) electrons. The molecule has 0 aromatic heterocycles. The minimum Gasteiger partial charge on any atom is -0.396 e. The van der Waals surface area contributed by atoms with Gasteiger partial charge < -0.3 is 5.73 Å². The van der Waals surface area contributed by atoms with E-state index in [4.69, 9.17) is 40.5 Å². The third-order valence-electron chi connectivity index (χ3n) is 2.80. The lowest BCUT2D eigenvalue weighted by Crippen LogP contribution is -2.14. The molecular formula is C13H11Cl3N2O2S. The maximum atomic E-state index is 12.3. The van der Waals surface area contributed by atoms with Gasteiger partial charge >= 0.3 is 0 Å². The zero-order valence-corrected chi connectivity index (χ0v) is 13.9. The summed E-state index contributed by atoms with van der Waals surface area (Å²) in [6.45, 7) is 1.82. The van der Waals surface area contributed by atoms with Crippen molar-refractivity contribution in [2.24, 2.45) is 0 Å². The molecule has 0 heterocycles. The lowest BCUT2D eigenvalue weighted by Gasteiger charge is -2.12. The Balaban J connectivity index is 2.43. The first-order valence-electron chi connectivity index (χ1n) is 5.75. The summed E-state index contributed by atoms with van der Waals surface area (Å²) in [4.78, 5) is -0.150. The Morgan fingerprint density at radius 3 is 2.33 bits per heavy atom. The van der Waals surface area contributed by atoms with Gasteiger partial charge in [0.05, 0.1) is 21.4 Å². The van der Waals surface area contributed by atoms with E-state index < -0.39 is 10.0 Å². The Kier molecular flexibility index (Phi) is 4.58. The van der Waals surface area contributed by atoms with Crippen LogP contribution in [0.1, 0.15) is 5.56 Å². The highest BCUT2D eigenvalue weighted by Gasteiger charge is 2.21. The summed E-state index contributed by atoms with van der Waals surface area (Å²) in [6.07, 6.45) is 0. The average Bonchev–Trinajstić information content (AvgIpc) is 2.39. The van der Waals surface area contributed by atoms with Gasteiger partial charge in [0.15, 0.2) is 0 Å². The predicted molar refractivity (Wildman–Crippen MR) is 87.9 cm³/mol. The van der Waals surface area contributed by atoms with Gasteiger partial charge in [-0.05, 0) is 36.8 Å². The first-order chi connectivity index (χ1) is 9.72. The van der Waals surface area contributed by atoms with E-state index in [1.165, 1.54) is 18.2 Å². The van der Waals surface area contributed by atoms with Crippen molar-refractivity contribution in [2.45, 2.75) is 11.8 Å². The molecule has 0 fully saturated rings. The minimum absolute atomic E-state index is 0.0168. The maximum Gasteiger partial charge on any atom is 0.263 e. The highest BCUT2D eigenvalue weighted by Crippen LogP contribution is 2.34. The van der Waals surface area contributed by atoms with Crippen molar-refractivity contribution in [1.29, 1.82) is 0 Å². The van der Waals surface area contributed by atoms with Crippen molar-refractivity contribution in [3.05, 3.63) is 51.0 Å². The van der Waals surface area contributed by atoms with Crippen LogP contribution in [0.4, 0.5) is 11.4 Å². The molecule has 0 unspecified atom stereocenters. The summed E-state index contributed by atoms with van der Waals surface area (Å²) in [5, 5.41) is 0.530. The molecule has 2 aromatic carbocycles. The fourth-order valence-electron chi connectivity index (χ4n) is 1.62. The molecule has 0 spiro atoms. The van der Waals surface area contributed by atoms with Crippen LogP contribution >= 0.6 is 34.8 Å². The second kappa shape index (κ2) is 5.93. The van der Waals surface area contributed by atoms with Crippen molar-refractivity contribution in [2.75, 3.05) is 10.5 Å². The standard InChI is InChI=1S/C13H11Cl3N2O2S/c1-7-2-3-8(6-10(7)15)18-21(19,20)11-5-4-9(14)13(17)12(11)16/h2-6,18H,17H2,1H3. The Morgan fingerprint density at radius 1 is 1.05 bits per heavy atom. The van der Waals surface area contributed by atoms with E-state index in [0.29, 0.717) is 10.7 Å². The molecule has 0 atom stereocenters. The van der Waals surface area contributed by atoms with E-state index in [0.717, 1.165) is 5.56 Å². The lowest BCUT2D eigenvalue weighted by atomic mass is 10.2. The Bertz CT molecular complexity index is 807. The summed E-state index contributed by atoms with van der Waals surface area (Å²) in [6, 6.07) is 7.49. The third kappa shape index (κ3) is 3.37. The van der Waals surface area contributed by atoms with Crippen LogP contribution in [-0.4, -0.2) is 8.42 Å². The fourth-order valence-corrected chi connectivity index (χ4v) is 3.62. The molecule has 8 heteroatoms. The van der Waals surface area contributed by atoms with Gasteiger partial charge in [0, 0.05) is 5.02 Å². The van der Waals surface area contributed by atoms with Gasteiger partial charge in [0.2, 0.25) is 0 Å². The molecule has 0 aliphatic rings. The number of rotatable bonds is 3. The van der Waals surface area contributed by atoms with E-state index in [1.54, 1.807) is 12.1 Å². The Hall–Kier alpha value is -1.14. The molecular weight excluding hydrogens is 355 g/mol. The second-order valence-electron chi connectivity index (χ2n) is 4.34. The van der Waals surface area contributed by atoms with Crippen LogP contribution < -0.4 is 10.5 Å². The summed E-state index contributed by atoms with van der Waals surface area (Å²) in [5.41, 5.74) is 6.83. The smallest absolute Gasteiger partial charge is 0.263 e. The fraction of sp³-hybridized carbons (Fsp3) is 0.0769. The molecule has 0 saturated heterocycles. The molecule has 0 saturated carbocycles. The van der Waals surface area contributed by atoms with Crippen LogP contribution in [0.5, 0.6) is 0 Å². The van der Waals surface area contributed by atoms with Crippen molar-refractivity contribution < 1.29 is 8.42 Å². The zero-order valence-electron chi connectivity index (χ0n) is 10.8. The van der Waals surface area contributed by atoms with E-state index in [1.807, 2.05) is 6.92 Å². The number of aryl methyl sites for hydroxylation is 1. The van der Waals surface area contributed by atoms with Gasteiger partial charge in [-0.15, -0.1) is 0 Å². The first kappa shape index (κ1) is 16.2. The molecule has 112 valence electrons. The van der Waals surface area contributed by atoms with Crippen LogP contribution in [0.2, 0.25) is 15.1 Å². The van der Waals surface area contributed by atoms with E-state index in [-0.39, 0.29) is 20.6 Å². The maximum absolute atomic E-state index is 12.3. The number of sulfonamides is 1. The quantitative estimate of drug-likeness (QED) is 0.795. The molecule has 0 aliphatic carbocycles. The Morgan fingerprint density at radius 2 is 1.71 bits per heavy atom. The molecule has 3 N–H and O–H groups in total. The van der Waals surface area contributed by atoms with Crippen molar-refractivity contribution in [1.82, 2.24) is 0 Å². The van der Waals surface area contributed by atoms with E-state index in [9.17, 15) is 8.42 Å². The van der Waals surface area contributed by atoms with Gasteiger partial charge in [0.25, 0.3) is 10.0 Å². The molecule has 2 aromatic rings. The third-order valence-corrected chi connectivity index (χ3v) is 5.48. The molecule has 0 amide bonds. The van der Waals surface area contributed by atoms with Gasteiger partial charge in [-0.25, -0.2) is 8.42 Å². The number of nitrogens with two attached hydrogens (primary N) is 1. The zero-order chi connectivity index (χ0) is 15.8. The van der Waals surface area contributed by atoms with Crippen LogP contribution in [0.25, 0.3) is 0 Å². The normalized spacial score (nSPS) is 11.4. The predicted octanol–water partition coefficient (Wildman–Crippen LogP) is 4.34. The topological polar surface area (TPSA) is 72.2 Å². The number of benzene rings is 2. The molecule has 0 bridgehead atoms. The number of hydrogen-bond donors (Lipinski definition) is 2. The molecule has 2 rings (SSSR count). The Labute approximate surface area is 137 Å². The number of hydrogen-bond acceptors (Lipinski definition) is 3. The molecule has 21 heavy (non-hydrogen) atoms. The molecule has 0 aliphatic heterocycles. The van der Waals surface area contributed by atoms with Gasteiger partial charge in [-0.3, -0.25) is 4.72 Å². The number of nitrogen functional groups attached to an aromatic ring is 1. The first-order valence-corrected chi connectivity index (χ1v) is 8.36. The van der Waals surface area contributed by atoms with Crippen LogP contribution in [-0.2, 0) is 10.0 Å². The average molecular weight is 366 g/mol. The lowest BCUT2D eigenvalue weighted by molar-refractivity contribution is 0.601. The van der Waals surface area contributed by atoms with E-state index >= 15 is 0 Å². The molecule has 4 nitrogen and oxygen atoms in total. The van der Waals surface area contributed by atoms with Crippen molar-refractivity contribution in [3.8, 4) is 0 Å². The number of anilines is 2. The monoisotopic (exact) mass is 364 g/mol. The SMILES string of the molecule is Cc1ccc(NS(=O)(=O)c2ccc(Cl)c(N)c2Cl)cc1Cl. The van der Waals surface area contributed by atoms with Gasteiger partial charge in [-0.2, -0.15) is 0 Å². The van der Waals surface area contributed by atoms with Crippen LogP contribution in [0.15, 0.2) is 35.2 Å². The van der Waals surface area contributed by atoms with Crippen molar-refractivity contribution >= 4 is 56.2 Å². The van der Waals surface area contributed by atoms with Crippen LogP contribution in [0, 0.1) is 6.92 Å².